The molecule has 0 amide bonds. The largest absolute Gasteiger partial charge is 0.473 e. The van der Waals surface area contributed by atoms with Gasteiger partial charge in [0.05, 0.1) is 6.20 Å². The van der Waals surface area contributed by atoms with Crippen molar-refractivity contribution >= 4 is 5.65 Å². The molecule has 0 aliphatic carbocycles. The molecule has 0 unspecified atom stereocenters. The molecular weight excluding hydrogens is 298 g/mol. The van der Waals surface area contributed by atoms with Crippen LogP contribution in [0.4, 0.5) is 0 Å². The summed E-state index contributed by atoms with van der Waals surface area (Å²) in [7, 11) is 0. The lowest BCUT2D eigenvalue weighted by Gasteiger charge is -2.09. The molecule has 4 nitrogen and oxygen atoms in total. The number of rotatable bonds is 4. The Bertz CT molecular complexity index is 962. The highest BCUT2D eigenvalue weighted by molar-refractivity contribution is 5.77. The predicted octanol–water partition coefficient (Wildman–Crippen LogP) is 4.28. The van der Waals surface area contributed by atoms with E-state index >= 15 is 0 Å². The predicted molar refractivity (Wildman–Crippen MR) is 93.9 cm³/mol. The van der Waals surface area contributed by atoms with Crippen LogP contribution in [0.25, 0.3) is 16.8 Å². The second-order valence-corrected chi connectivity index (χ2v) is 5.67. The van der Waals surface area contributed by atoms with Crippen LogP contribution in [0.1, 0.15) is 11.3 Å². The zero-order valence-electron chi connectivity index (χ0n) is 13.4. The van der Waals surface area contributed by atoms with E-state index in [2.05, 4.69) is 22.2 Å². The molecule has 2 heterocycles. The highest BCUT2D eigenvalue weighted by Crippen LogP contribution is 2.26. The van der Waals surface area contributed by atoms with Crippen LogP contribution in [0.2, 0.25) is 0 Å². The molecule has 4 aromatic rings. The maximum absolute atomic E-state index is 6.00. The van der Waals surface area contributed by atoms with Gasteiger partial charge in [-0.15, -0.1) is 0 Å². The van der Waals surface area contributed by atoms with Gasteiger partial charge in [-0.25, -0.2) is 4.98 Å². The Hall–Kier alpha value is -3.14. The third-order valence-corrected chi connectivity index (χ3v) is 3.88. The number of nitrogens with zero attached hydrogens (tertiary/aromatic N) is 3. The lowest BCUT2D eigenvalue weighted by Crippen LogP contribution is -2.03. The first-order valence-corrected chi connectivity index (χ1v) is 7.89. The van der Waals surface area contributed by atoms with E-state index in [0.717, 1.165) is 28.0 Å². The molecule has 0 saturated carbocycles. The normalized spacial score (nSPS) is 10.9. The van der Waals surface area contributed by atoms with Crippen LogP contribution in [0, 0.1) is 6.92 Å². The number of aryl methyl sites for hydroxylation is 1. The molecule has 0 N–H and O–H groups in total. The molecule has 0 radical (unpaired) electrons. The zero-order valence-corrected chi connectivity index (χ0v) is 13.4. The summed E-state index contributed by atoms with van der Waals surface area (Å²) in [6.45, 7) is 2.47. The van der Waals surface area contributed by atoms with Crippen LogP contribution in [0.3, 0.4) is 0 Å². The van der Waals surface area contributed by atoms with Crippen molar-refractivity contribution < 1.29 is 4.74 Å². The fraction of sp³-hybridized carbons (Fsp3) is 0.100. The van der Waals surface area contributed by atoms with E-state index in [9.17, 15) is 0 Å². The zero-order chi connectivity index (χ0) is 16.4. The summed E-state index contributed by atoms with van der Waals surface area (Å²) in [4.78, 5) is 4.65. The molecule has 2 aromatic heterocycles. The van der Waals surface area contributed by atoms with Gasteiger partial charge in [-0.3, -0.25) is 0 Å². The van der Waals surface area contributed by atoms with Gasteiger partial charge in [0.2, 0.25) is 5.88 Å². The molecule has 0 spiro atoms. The Morgan fingerprint density at radius 2 is 1.67 bits per heavy atom. The molecule has 0 aliphatic heterocycles. The Morgan fingerprint density at radius 1 is 0.958 bits per heavy atom. The summed E-state index contributed by atoms with van der Waals surface area (Å²) in [5.41, 5.74) is 4.94. The van der Waals surface area contributed by atoms with Crippen molar-refractivity contribution in [1.29, 1.82) is 0 Å². The molecule has 4 rings (SSSR count). The Morgan fingerprint density at radius 3 is 2.42 bits per heavy atom. The molecule has 0 atom stereocenters. The molecule has 2 aromatic carbocycles. The standard InChI is InChI=1S/C20H17N3O/c1-15-12-19(24-14-16-8-4-2-5-9-16)23-20(22-15)18(13-21-23)17-10-6-3-7-11-17/h2-13H,14H2,1H3. The van der Waals surface area contributed by atoms with Gasteiger partial charge in [0.15, 0.2) is 5.65 Å². The number of hydrogen-bond donors (Lipinski definition) is 0. The average Bonchev–Trinajstić information content (AvgIpc) is 3.05. The van der Waals surface area contributed by atoms with Gasteiger partial charge in [0, 0.05) is 17.3 Å². The van der Waals surface area contributed by atoms with Crippen molar-refractivity contribution in [2.24, 2.45) is 0 Å². The van der Waals surface area contributed by atoms with Crippen molar-refractivity contribution in [3.8, 4) is 17.0 Å². The maximum atomic E-state index is 6.00. The van der Waals surface area contributed by atoms with Crippen molar-refractivity contribution in [1.82, 2.24) is 14.6 Å². The third-order valence-electron chi connectivity index (χ3n) is 3.88. The first-order valence-electron chi connectivity index (χ1n) is 7.89. The van der Waals surface area contributed by atoms with E-state index < -0.39 is 0 Å². The molecule has 24 heavy (non-hydrogen) atoms. The van der Waals surface area contributed by atoms with Gasteiger partial charge in [0.25, 0.3) is 0 Å². The second-order valence-electron chi connectivity index (χ2n) is 5.67. The summed E-state index contributed by atoms with van der Waals surface area (Å²) in [6.07, 6.45) is 1.84. The highest BCUT2D eigenvalue weighted by Gasteiger charge is 2.12. The molecule has 0 fully saturated rings. The number of benzene rings is 2. The number of ether oxygens (including phenoxy) is 1. The van der Waals surface area contributed by atoms with E-state index in [-0.39, 0.29) is 0 Å². The van der Waals surface area contributed by atoms with Gasteiger partial charge in [0.1, 0.15) is 6.61 Å². The summed E-state index contributed by atoms with van der Waals surface area (Å²) in [5, 5.41) is 4.48. The molecule has 0 saturated heterocycles. The van der Waals surface area contributed by atoms with Crippen LogP contribution < -0.4 is 4.74 Å². The summed E-state index contributed by atoms with van der Waals surface area (Å²) >= 11 is 0. The summed E-state index contributed by atoms with van der Waals surface area (Å²) in [6, 6.07) is 22.2. The fourth-order valence-corrected chi connectivity index (χ4v) is 2.71. The molecule has 118 valence electrons. The Balaban J connectivity index is 1.73. The third kappa shape index (κ3) is 2.74. The SMILES string of the molecule is Cc1cc(OCc2ccccc2)n2ncc(-c3ccccc3)c2n1. The first kappa shape index (κ1) is 14.5. The van der Waals surface area contributed by atoms with Crippen molar-refractivity contribution in [2.75, 3.05) is 0 Å². The van der Waals surface area contributed by atoms with Crippen LogP contribution in [-0.4, -0.2) is 14.6 Å². The van der Waals surface area contributed by atoms with E-state index in [0.29, 0.717) is 12.5 Å². The molecule has 0 bridgehead atoms. The molecule has 0 aliphatic rings. The fourth-order valence-electron chi connectivity index (χ4n) is 2.71. The molecule has 4 heteroatoms. The van der Waals surface area contributed by atoms with Gasteiger partial charge >= 0.3 is 0 Å². The smallest absolute Gasteiger partial charge is 0.218 e. The van der Waals surface area contributed by atoms with Crippen LogP contribution in [-0.2, 0) is 6.61 Å². The Kier molecular flexibility index (Phi) is 3.71. The minimum atomic E-state index is 0.500. The van der Waals surface area contributed by atoms with Crippen molar-refractivity contribution in [2.45, 2.75) is 13.5 Å². The minimum Gasteiger partial charge on any atom is -0.473 e. The molecular formula is C20H17N3O. The topological polar surface area (TPSA) is 39.4 Å². The van der Waals surface area contributed by atoms with E-state index in [4.69, 9.17) is 4.74 Å². The van der Waals surface area contributed by atoms with Crippen LogP contribution in [0.15, 0.2) is 72.9 Å². The number of hydrogen-bond acceptors (Lipinski definition) is 3. The number of fused-ring (bicyclic) bond motifs is 1. The van der Waals surface area contributed by atoms with E-state index in [1.54, 1.807) is 4.52 Å². The van der Waals surface area contributed by atoms with E-state index in [1.165, 1.54) is 0 Å². The summed E-state index contributed by atoms with van der Waals surface area (Å²) in [5.74, 6) is 0.698. The first-order chi connectivity index (χ1) is 11.8. The minimum absolute atomic E-state index is 0.500. The quantitative estimate of drug-likeness (QED) is 0.564. The van der Waals surface area contributed by atoms with Gasteiger partial charge < -0.3 is 4.74 Å². The second kappa shape index (κ2) is 6.16. The van der Waals surface area contributed by atoms with Gasteiger partial charge in [-0.05, 0) is 18.1 Å². The lowest BCUT2D eigenvalue weighted by molar-refractivity contribution is 0.285. The lowest BCUT2D eigenvalue weighted by atomic mass is 10.1. The highest BCUT2D eigenvalue weighted by atomic mass is 16.5. The van der Waals surface area contributed by atoms with Gasteiger partial charge in [-0.2, -0.15) is 9.61 Å². The monoisotopic (exact) mass is 315 g/mol. The van der Waals surface area contributed by atoms with E-state index in [1.807, 2.05) is 67.7 Å². The maximum Gasteiger partial charge on any atom is 0.218 e. The van der Waals surface area contributed by atoms with Gasteiger partial charge in [-0.1, -0.05) is 60.7 Å². The Labute approximate surface area is 140 Å². The number of aromatic nitrogens is 3. The van der Waals surface area contributed by atoms with Crippen molar-refractivity contribution in [3.63, 3.8) is 0 Å². The average molecular weight is 315 g/mol. The van der Waals surface area contributed by atoms with Crippen LogP contribution in [0.5, 0.6) is 5.88 Å². The van der Waals surface area contributed by atoms with Crippen molar-refractivity contribution in [3.05, 3.63) is 84.2 Å². The summed E-state index contributed by atoms with van der Waals surface area (Å²) < 4.78 is 7.76. The van der Waals surface area contributed by atoms with Crippen LogP contribution >= 0.6 is 0 Å².